The van der Waals surface area contributed by atoms with Crippen molar-refractivity contribution in [3.8, 4) is 6.07 Å². The number of hydrogen-bond acceptors (Lipinski definition) is 3. The number of benzene rings is 1. The van der Waals surface area contributed by atoms with Crippen LogP contribution in [0, 0.1) is 17.1 Å². The molecule has 0 spiro atoms. The van der Waals surface area contributed by atoms with Crippen LogP contribution in [0.4, 0.5) is 10.1 Å². The van der Waals surface area contributed by atoms with Gasteiger partial charge in [0.15, 0.2) is 11.6 Å². The first-order chi connectivity index (χ1) is 6.06. The van der Waals surface area contributed by atoms with Crippen molar-refractivity contribution >= 4 is 11.5 Å². The van der Waals surface area contributed by atoms with E-state index in [9.17, 15) is 9.18 Å². The number of hydrogen-bond donors (Lipinski definition) is 1. The lowest BCUT2D eigenvalue weighted by atomic mass is 10.1. The maximum absolute atomic E-state index is 13.2. The topological polar surface area (TPSA) is 66.9 Å². The number of anilines is 1. The van der Waals surface area contributed by atoms with Crippen LogP contribution in [-0.2, 0) is 0 Å². The van der Waals surface area contributed by atoms with E-state index in [1.807, 2.05) is 0 Å². The SMILES string of the molecule is CC(=O)c1cc(N)cc(C#N)c1F. The molecule has 0 saturated carbocycles. The van der Waals surface area contributed by atoms with Gasteiger partial charge >= 0.3 is 0 Å². The highest BCUT2D eigenvalue weighted by Gasteiger charge is 2.12. The monoisotopic (exact) mass is 178 g/mol. The van der Waals surface area contributed by atoms with E-state index in [4.69, 9.17) is 11.0 Å². The second-order valence-electron chi connectivity index (χ2n) is 2.60. The second kappa shape index (κ2) is 3.23. The fourth-order valence-electron chi connectivity index (χ4n) is 0.984. The molecule has 0 unspecified atom stereocenters. The van der Waals surface area contributed by atoms with E-state index >= 15 is 0 Å². The summed E-state index contributed by atoms with van der Waals surface area (Å²) in [7, 11) is 0. The maximum atomic E-state index is 13.2. The smallest absolute Gasteiger partial charge is 0.162 e. The zero-order valence-corrected chi connectivity index (χ0v) is 6.97. The number of nitriles is 1. The van der Waals surface area contributed by atoms with Crippen LogP contribution in [0.2, 0.25) is 0 Å². The molecule has 0 saturated heterocycles. The Morgan fingerprint density at radius 3 is 2.69 bits per heavy atom. The van der Waals surface area contributed by atoms with Crippen LogP contribution in [0.1, 0.15) is 22.8 Å². The molecule has 0 aliphatic rings. The molecule has 0 bridgehead atoms. The number of nitrogen functional groups attached to an aromatic ring is 1. The van der Waals surface area contributed by atoms with E-state index in [1.54, 1.807) is 6.07 Å². The van der Waals surface area contributed by atoms with Crippen LogP contribution >= 0.6 is 0 Å². The molecule has 66 valence electrons. The molecule has 13 heavy (non-hydrogen) atoms. The zero-order chi connectivity index (χ0) is 10.0. The fraction of sp³-hybridized carbons (Fsp3) is 0.111. The lowest BCUT2D eigenvalue weighted by Crippen LogP contribution is -2.01. The molecular weight excluding hydrogens is 171 g/mol. The summed E-state index contributed by atoms with van der Waals surface area (Å²) in [6.45, 7) is 1.22. The first-order valence-electron chi connectivity index (χ1n) is 3.56. The molecule has 0 aliphatic heterocycles. The van der Waals surface area contributed by atoms with Gasteiger partial charge in [0.25, 0.3) is 0 Å². The van der Waals surface area contributed by atoms with E-state index in [2.05, 4.69) is 0 Å². The quantitative estimate of drug-likeness (QED) is 0.523. The first kappa shape index (κ1) is 9.20. The molecule has 1 aromatic carbocycles. The van der Waals surface area contributed by atoms with Crippen molar-refractivity contribution in [2.45, 2.75) is 6.92 Å². The summed E-state index contributed by atoms with van der Waals surface area (Å²) in [5.74, 6) is -1.24. The van der Waals surface area contributed by atoms with Crippen molar-refractivity contribution in [2.24, 2.45) is 0 Å². The number of ketones is 1. The Morgan fingerprint density at radius 2 is 2.23 bits per heavy atom. The summed E-state index contributed by atoms with van der Waals surface area (Å²) in [6.07, 6.45) is 0. The van der Waals surface area contributed by atoms with Gasteiger partial charge in [-0.15, -0.1) is 0 Å². The molecule has 0 radical (unpaired) electrons. The van der Waals surface area contributed by atoms with E-state index in [0.29, 0.717) is 0 Å². The predicted molar refractivity (Wildman–Crippen MR) is 45.5 cm³/mol. The van der Waals surface area contributed by atoms with Crippen molar-refractivity contribution in [1.29, 1.82) is 5.26 Å². The second-order valence-corrected chi connectivity index (χ2v) is 2.60. The van der Waals surface area contributed by atoms with Crippen LogP contribution in [0.3, 0.4) is 0 Å². The zero-order valence-electron chi connectivity index (χ0n) is 6.97. The number of Topliss-reactive ketones (excluding diaryl/α,β-unsaturated/α-hetero) is 1. The largest absolute Gasteiger partial charge is 0.399 e. The molecule has 0 amide bonds. The van der Waals surface area contributed by atoms with Gasteiger partial charge in [-0.1, -0.05) is 0 Å². The van der Waals surface area contributed by atoms with E-state index in [-0.39, 0.29) is 16.8 Å². The van der Waals surface area contributed by atoms with Crippen molar-refractivity contribution in [1.82, 2.24) is 0 Å². The van der Waals surface area contributed by atoms with Crippen LogP contribution in [0.5, 0.6) is 0 Å². The summed E-state index contributed by atoms with van der Waals surface area (Å²) in [5.41, 5.74) is 5.24. The van der Waals surface area contributed by atoms with Gasteiger partial charge in [-0.25, -0.2) is 4.39 Å². The Bertz CT molecular complexity index is 407. The average molecular weight is 178 g/mol. The molecular formula is C9H7FN2O. The lowest BCUT2D eigenvalue weighted by Gasteiger charge is -2.01. The maximum Gasteiger partial charge on any atom is 0.162 e. The highest BCUT2D eigenvalue weighted by molar-refractivity contribution is 5.95. The Balaban J connectivity index is 3.47. The number of nitrogens with zero attached hydrogens (tertiary/aromatic N) is 1. The Kier molecular flexibility index (Phi) is 2.29. The van der Waals surface area contributed by atoms with Gasteiger partial charge in [0.2, 0.25) is 0 Å². The molecule has 0 heterocycles. The summed E-state index contributed by atoms with van der Waals surface area (Å²) in [5, 5.41) is 8.49. The van der Waals surface area contributed by atoms with E-state index < -0.39 is 11.6 Å². The van der Waals surface area contributed by atoms with E-state index in [0.717, 1.165) is 0 Å². The van der Waals surface area contributed by atoms with Crippen molar-refractivity contribution in [2.75, 3.05) is 5.73 Å². The summed E-state index contributed by atoms with van der Waals surface area (Å²) >= 11 is 0. The summed E-state index contributed by atoms with van der Waals surface area (Å²) in [4.78, 5) is 10.9. The molecule has 0 aromatic heterocycles. The fourth-order valence-corrected chi connectivity index (χ4v) is 0.984. The minimum atomic E-state index is -0.802. The molecule has 2 N–H and O–H groups in total. The normalized spacial score (nSPS) is 9.31. The highest BCUT2D eigenvalue weighted by atomic mass is 19.1. The minimum Gasteiger partial charge on any atom is -0.399 e. The van der Waals surface area contributed by atoms with Gasteiger partial charge in [-0.2, -0.15) is 5.26 Å². The van der Waals surface area contributed by atoms with Crippen LogP contribution in [0.15, 0.2) is 12.1 Å². The third-order valence-electron chi connectivity index (χ3n) is 1.59. The lowest BCUT2D eigenvalue weighted by molar-refractivity contribution is 0.101. The average Bonchev–Trinajstić information content (AvgIpc) is 2.08. The third-order valence-corrected chi connectivity index (χ3v) is 1.59. The summed E-state index contributed by atoms with van der Waals surface area (Å²) in [6, 6.07) is 4.04. The number of carbonyl (C=O) groups is 1. The molecule has 1 aromatic rings. The molecule has 0 fully saturated rings. The van der Waals surface area contributed by atoms with Crippen molar-refractivity contribution in [3.63, 3.8) is 0 Å². The predicted octanol–water partition coefficient (Wildman–Crippen LogP) is 1.48. The first-order valence-corrected chi connectivity index (χ1v) is 3.56. The van der Waals surface area contributed by atoms with Gasteiger partial charge in [0.1, 0.15) is 6.07 Å². The molecule has 4 heteroatoms. The van der Waals surface area contributed by atoms with E-state index in [1.165, 1.54) is 19.1 Å². The third kappa shape index (κ3) is 1.64. The van der Waals surface area contributed by atoms with Gasteiger partial charge in [0, 0.05) is 5.69 Å². The number of nitrogens with two attached hydrogens (primary N) is 1. The van der Waals surface area contributed by atoms with Crippen LogP contribution < -0.4 is 5.73 Å². The number of halogens is 1. The number of carbonyl (C=O) groups excluding carboxylic acids is 1. The Hall–Kier alpha value is -1.89. The van der Waals surface area contributed by atoms with Crippen molar-refractivity contribution in [3.05, 3.63) is 29.1 Å². The Morgan fingerprint density at radius 1 is 1.62 bits per heavy atom. The molecule has 3 nitrogen and oxygen atoms in total. The molecule has 0 aliphatic carbocycles. The standard InChI is InChI=1S/C9H7FN2O/c1-5(13)8-3-7(12)2-6(4-11)9(8)10/h2-3H,12H2,1H3. The number of rotatable bonds is 1. The Labute approximate surface area is 74.6 Å². The van der Waals surface area contributed by atoms with Crippen LogP contribution in [-0.4, -0.2) is 5.78 Å². The van der Waals surface area contributed by atoms with Crippen LogP contribution in [0.25, 0.3) is 0 Å². The summed E-state index contributed by atoms with van der Waals surface area (Å²) < 4.78 is 13.2. The minimum absolute atomic E-state index is 0.142. The van der Waals surface area contributed by atoms with Gasteiger partial charge in [-0.05, 0) is 19.1 Å². The highest BCUT2D eigenvalue weighted by Crippen LogP contribution is 2.17. The molecule has 0 atom stereocenters. The van der Waals surface area contributed by atoms with Gasteiger partial charge in [-0.3, -0.25) is 4.79 Å². The van der Waals surface area contributed by atoms with Crippen molar-refractivity contribution < 1.29 is 9.18 Å². The van der Waals surface area contributed by atoms with Gasteiger partial charge in [0.05, 0.1) is 11.1 Å². The van der Waals surface area contributed by atoms with Gasteiger partial charge < -0.3 is 5.73 Å². The molecule has 1 rings (SSSR count).